The highest BCUT2D eigenvalue weighted by Gasteiger charge is 2.32. The minimum Gasteiger partial charge on any atom is -0.459 e. The molecule has 0 radical (unpaired) electrons. The van der Waals surface area contributed by atoms with E-state index < -0.39 is 40.4 Å². The van der Waals surface area contributed by atoms with Gasteiger partial charge in [-0.3, -0.25) is 4.79 Å². The van der Waals surface area contributed by atoms with Gasteiger partial charge in [0.25, 0.3) is 5.91 Å². The van der Waals surface area contributed by atoms with Crippen LogP contribution in [0.15, 0.2) is 59.0 Å². The number of hydrogen-bond donors (Lipinski definition) is 1. The molecule has 0 spiro atoms. The maximum Gasteiger partial charge on any atom is 0.408 e. The van der Waals surface area contributed by atoms with Gasteiger partial charge in [-0.15, -0.1) is 0 Å². The Labute approximate surface area is 246 Å². The van der Waals surface area contributed by atoms with Crippen LogP contribution < -0.4 is 5.32 Å². The lowest BCUT2D eigenvalue weighted by atomic mass is 9.94. The fourth-order valence-electron chi connectivity index (χ4n) is 5.08. The van der Waals surface area contributed by atoms with E-state index in [1.54, 1.807) is 69.0 Å². The number of furan rings is 1. The summed E-state index contributed by atoms with van der Waals surface area (Å²) in [6.45, 7) is 7.32. The first-order valence-electron chi connectivity index (χ1n) is 14.0. The van der Waals surface area contributed by atoms with Crippen LogP contribution in [0, 0.1) is 17.5 Å². The van der Waals surface area contributed by atoms with Crippen molar-refractivity contribution in [1.29, 1.82) is 0 Å². The van der Waals surface area contributed by atoms with Crippen LogP contribution in [0.5, 0.6) is 0 Å². The zero-order valence-corrected chi connectivity index (χ0v) is 24.3. The van der Waals surface area contributed by atoms with Crippen molar-refractivity contribution >= 4 is 23.0 Å². The molecule has 226 valence electrons. The molecular weight excluding hydrogens is 564 g/mol. The van der Waals surface area contributed by atoms with Gasteiger partial charge in [-0.2, -0.15) is 0 Å². The Morgan fingerprint density at radius 2 is 1.58 bits per heavy atom. The van der Waals surface area contributed by atoms with Crippen molar-refractivity contribution in [3.05, 3.63) is 83.4 Å². The second-order valence-electron chi connectivity index (χ2n) is 12.0. The summed E-state index contributed by atoms with van der Waals surface area (Å²) in [6, 6.07) is 12.8. The van der Waals surface area contributed by atoms with Gasteiger partial charge in [0.1, 0.15) is 40.1 Å². The first-order chi connectivity index (χ1) is 20.2. The number of likely N-dealkylation sites (tertiary alicyclic amines) is 1. The van der Waals surface area contributed by atoms with Gasteiger partial charge in [0.2, 0.25) is 0 Å². The monoisotopic (exact) mass is 596 g/mol. The Hall–Kier alpha value is -4.34. The van der Waals surface area contributed by atoms with Gasteiger partial charge in [-0.1, -0.05) is 12.1 Å². The molecule has 1 aliphatic rings. The van der Waals surface area contributed by atoms with Crippen LogP contribution in [0.2, 0.25) is 0 Å². The molecule has 0 atom stereocenters. The first-order valence-corrected chi connectivity index (χ1v) is 14.0. The fraction of sp³-hybridized carbons (Fsp3) is 0.333. The van der Waals surface area contributed by atoms with E-state index in [2.05, 4.69) is 5.32 Å². The number of amides is 2. The summed E-state index contributed by atoms with van der Waals surface area (Å²) in [5.74, 6) is -3.17. The molecule has 6 nitrogen and oxygen atoms in total. The van der Waals surface area contributed by atoms with Crippen LogP contribution in [-0.2, 0) is 11.3 Å². The number of halogens is 4. The van der Waals surface area contributed by atoms with Crippen molar-refractivity contribution in [3.63, 3.8) is 0 Å². The summed E-state index contributed by atoms with van der Waals surface area (Å²) in [5.41, 5.74) is -0.622. The molecule has 1 aromatic heterocycles. The molecule has 1 saturated heterocycles. The van der Waals surface area contributed by atoms with E-state index in [9.17, 15) is 27.2 Å². The average Bonchev–Trinajstić information content (AvgIpc) is 3.33. The van der Waals surface area contributed by atoms with Gasteiger partial charge in [0, 0.05) is 41.7 Å². The van der Waals surface area contributed by atoms with Gasteiger partial charge in [0.05, 0.1) is 12.1 Å². The van der Waals surface area contributed by atoms with E-state index in [1.807, 2.05) is 0 Å². The van der Waals surface area contributed by atoms with E-state index in [-0.39, 0.29) is 36.4 Å². The molecule has 1 N–H and O–H groups in total. The fourth-order valence-corrected chi connectivity index (χ4v) is 5.08. The smallest absolute Gasteiger partial charge is 0.408 e. The lowest BCUT2D eigenvalue weighted by molar-refractivity contribution is 0.0498. The second-order valence-corrected chi connectivity index (χ2v) is 12.0. The van der Waals surface area contributed by atoms with E-state index >= 15 is 0 Å². The number of piperidine rings is 1. The molecule has 2 amide bonds. The predicted octanol–water partition coefficient (Wildman–Crippen LogP) is 8.17. The quantitative estimate of drug-likeness (QED) is 0.236. The lowest BCUT2D eigenvalue weighted by Crippen LogP contribution is -2.43. The Morgan fingerprint density at radius 1 is 0.953 bits per heavy atom. The van der Waals surface area contributed by atoms with Gasteiger partial charge >= 0.3 is 6.09 Å². The highest BCUT2D eigenvalue weighted by atomic mass is 19.2. The molecule has 0 unspecified atom stereocenters. The number of rotatable bonds is 5. The number of fused-ring (bicyclic) bond motifs is 1. The van der Waals surface area contributed by atoms with Crippen LogP contribution in [0.3, 0.4) is 0 Å². The Balaban J connectivity index is 1.49. The van der Waals surface area contributed by atoms with E-state index in [4.69, 9.17) is 9.15 Å². The molecular formula is C33H32F4N2O4. The van der Waals surface area contributed by atoms with Crippen LogP contribution >= 0.6 is 0 Å². The molecule has 1 aliphatic heterocycles. The molecule has 0 saturated carbocycles. The predicted molar refractivity (Wildman–Crippen MR) is 155 cm³/mol. The highest BCUT2D eigenvalue weighted by Crippen LogP contribution is 2.38. The number of carbonyl (C=O) groups excluding carboxylic acids is 2. The molecule has 10 heteroatoms. The number of nitrogens with one attached hydrogen (secondary N) is 1. The summed E-state index contributed by atoms with van der Waals surface area (Å²) < 4.78 is 69.1. The van der Waals surface area contributed by atoms with Crippen LogP contribution in [-0.4, -0.2) is 41.3 Å². The van der Waals surface area contributed by atoms with Gasteiger partial charge in [0.15, 0.2) is 0 Å². The largest absolute Gasteiger partial charge is 0.459 e. The minimum absolute atomic E-state index is 0.0498. The Kier molecular flexibility index (Phi) is 7.98. The summed E-state index contributed by atoms with van der Waals surface area (Å²) in [7, 11) is 0. The summed E-state index contributed by atoms with van der Waals surface area (Å²) in [6.07, 6.45) is -0.117. The average molecular weight is 597 g/mol. The minimum atomic E-state index is -1.28. The number of ether oxygens (including phenoxy) is 1. The summed E-state index contributed by atoms with van der Waals surface area (Å²) >= 11 is 0. The topological polar surface area (TPSA) is 71.8 Å². The van der Waals surface area contributed by atoms with Crippen LogP contribution in [0.4, 0.5) is 22.4 Å². The SMILES string of the molecule is CC1(F)CCN(C(=O)c2ccc(-c3cc(-c4c(F)cc(F)cc4F)c4oc(CNC(=O)OC(C)(C)C)cc4c3)cc2)CC1. The van der Waals surface area contributed by atoms with Crippen molar-refractivity contribution in [2.24, 2.45) is 0 Å². The normalized spacial score (nSPS) is 15.0. The third-order valence-corrected chi connectivity index (χ3v) is 7.31. The Bertz CT molecular complexity index is 1660. The standard InChI is InChI=1S/C33H32F4N2O4/c1-32(2,3)43-31(41)38-18-24-14-22-13-21(15-25(29(22)42-24)28-26(35)16-23(34)17-27(28)36)19-5-7-20(8-6-19)30(40)39-11-9-33(4,37)10-12-39/h5-8,13-17H,9-12,18H2,1-4H3,(H,38,41). The lowest BCUT2D eigenvalue weighted by Gasteiger charge is -2.34. The van der Waals surface area contributed by atoms with Crippen molar-refractivity contribution in [2.75, 3.05) is 13.1 Å². The zero-order chi connectivity index (χ0) is 31.1. The molecule has 0 aliphatic carbocycles. The molecule has 4 aromatic rings. The summed E-state index contributed by atoms with van der Waals surface area (Å²) in [5, 5.41) is 3.08. The number of hydrogen-bond acceptors (Lipinski definition) is 4. The first kappa shape index (κ1) is 30.1. The van der Waals surface area contributed by atoms with Gasteiger partial charge in [-0.25, -0.2) is 22.4 Å². The van der Waals surface area contributed by atoms with Crippen molar-refractivity contribution < 1.29 is 36.3 Å². The summed E-state index contributed by atoms with van der Waals surface area (Å²) in [4.78, 5) is 26.8. The van der Waals surface area contributed by atoms with Crippen LogP contribution in [0.1, 0.15) is 56.7 Å². The number of benzene rings is 3. The molecule has 2 heterocycles. The second kappa shape index (κ2) is 11.4. The molecule has 43 heavy (non-hydrogen) atoms. The third-order valence-electron chi connectivity index (χ3n) is 7.31. The zero-order valence-electron chi connectivity index (χ0n) is 24.3. The van der Waals surface area contributed by atoms with E-state index in [0.717, 1.165) is 0 Å². The highest BCUT2D eigenvalue weighted by molar-refractivity contribution is 5.98. The molecule has 5 rings (SSSR count). The maximum atomic E-state index is 15.0. The van der Waals surface area contributed by atoms with Gasteiger partial charge in [-0.05, 0) is 82.0 Å². The number of alkyl carbamates (subject to hydrolysis) is 1. The third kappa shape index (κ3) is 6.84. The molecule has 0 bridgehead atoms. The molecule has 1 fully saturated rings. The van der Waals surface area contributed by atoms with E-state index in [0.29, 0.717) is 53.1 Å². The van der Waals surface area contributed by atoms with Crippen molar-refractivity contribution in [2.45, 2.75) is 58.4 Å². The van der Waals surface area contributed by atoms with Crippen molar-refractivity contribution in [3.8, 4) is 22.3 Å². The number of carbonyl (C=O) groups is 2. The van der Waals surface area contributed by atoms with E-state index in [1.165, 1.54) is 6.07 Å². The Morgan fingerprint density at radius 3 is 2.19 bits per heavy atom. The number of alkyl halides is 1. The van der Waals surface area contributed by atoms with Crippen molar-refractivity contribution in [1.82, 2.24) is 10.2 Å². The number of nitrogens with zero attached hydrogens (tertiary/aromatic N) is 1. The van der Waals surface area contributed by atoms with Gasteiger partial charge < -0.3 is 19.4 Å². The van der Waals surface area contributed by atoms with Crippen LogP contribution in [0.25, 0.3) is 33.2 Å². The maximum absolute atomic E-state index is 15.0. The molecule has 3 aromatic carbocycles.